The maximum absolute atomic E-state index is 12.9. The number of carboxylic acid groups (broad SMARTS) is 1. The number of aliphatic carboxylic acids is 1. The Morgan fingerprint density at radius 3 is 2.21 bits per heavy atom. The summed E-state index contributed by atoms with van der Waals surface area (Å²) in [5, 5.41) is 16.7. The number of carbonyl (C=O) groups excluding carboxylic acids is 5. The fourth-order valence-corrected chi connectivity index (χ4v) is 3.93. The molecule has 5 amide bonds. The predicted octanol–water partition coefficient (Wildman–Crippen LogP) is 1.14. The van der Waals surface area contributed by atoms with Crippen molar-refractivity contribution < 1.29 is 38.6 Å². The number of anilines is 1. The van der Waals surface area contributed by atoms with E-state index in [4.69, 9.17) is 9.84 Å². The molecular formula is C27H36N4O8. The summed E-state index contributed by atoms with van der Waals surface area (Å²) >= 11 is 0. The molecule has 1 heterocycles. The van der Waals surface area contributed by atoms with Crippen LogP contribution in [0.15, 0.2) is 30.4 Å². The number of imide groups is 1. The van der Waals surface area contributed by atoms with Gasteiger partial charge in [-0.1, -0.05) is 19.9 Å². The molecule has 0 aromatic heterocycles. The lowest BCUT2D eigenvalue weighted by Gasteiger charge is -2.24. The monoisotopic (exact) mass is 544 g/mol. The second kappa shape index (κ2) is 14.8. The Morgan fingerprint density at radius 1 is 0.949 bits per heavy atom. The second-order valence-corrected chi connectivity index (χ2v) is 9.62. The average Bonchev–Trinajstić information content (AvgIpc) is 3.18. The normalized spacial score (nSPS) is 14.3. The van der Waals surface area contributed by atoms with Gasteiger partial charge < -0.3 is 25.8 Å². The van der Waals surface area contributed by atoms with E-state index < -0.39 is 54.1 Å². The number of rotatable bonds is 15. The minimum absolute atomic E-state index is 0.0801. The zero-order valence-electron chi connectivity index (χ0n) is 22.6. The molecule has 2 rings (SSSR count). The predicted molar refractivity (Wildman–Crippen MR) is 141 cm³/mol. The lowest BCUT2D eigenvalue weighted by molar-refractivity contribution is -0.141. The van der Waals surface area contributed by atoms with Gasteiger partial charge in [0.25, 0.3) is 11.8 Å². The van der Waals surface area contributed by atoms with Crippen molar-refractivity contribution >= 4 is 41.2 Å². The number of nitrogens with zero attached hydrogens (tertiary/aromatic N) is 1. The van der Waals surface area contributed by atoms with Gasteiger partial charge in [-0.15, -0.1) is 0 Å². The number of unbranched alkanes of at least 4 members (excludes halogenated alkanes) is 1. The van der Waals surface area contributed by atoms with E-state index in [0.29, 0.717) is 31.6 Å². The highest BCUT2D eigenvalue weighted by atomic mass is 16.5. The Hall–Kier alpha value is -4.06. The number of hydrogen-bond acceptors (Lipinski definition) is 7. The third-order valence-corrected chi connectivity index (χ3v) is 6.08. The Morgan fingerprint density at radius 2 is 1.62 bits per heavy atom. The van der Waals surface area contributed by atoms with Gasteiger partial charge in [-0.25, -0.2) is 0 Å². The molecule has 0 fully saturated rings. The number of carbonyl (C=O) groups is 6. The van der Waals surface area contributed by atoms with Crippen LogP contribution in [0.2, 0.25) is 0 Å². The fourth-order valence-electron chi connectivity index (χ4n) is 3.93. The molecule has 39 heavy (non-hydrogen) atoms. The van der Waals surface area contributed by atoms with Gasteiger partial charge in [-0.2, -0.15) is 0 Å². The number of hydrogen-bond donors (Lipinski definition) is 4. The van der Waals surface area contributed by atoms with Crippen LogP contribution in [0.4, 0.5) is 5.69 Å². The summed E-state index contributed by atoms with van der Waals surface area (Å²) in [5.41, 5.74) is 2.36. The third kappa shape index (κ3) is 9.64. The SMILES string of the molecule is COCc1ccc(NC(=O)[C@H](C)NC(=O)[C@@H](NC(=O)CN2C(=O)C=CC2=O)C(C)C)cc1CCCCC(=O)O. The van der Waals surface area contributed by atoms with E-state index in [1.54, 1.807) is 33.1 Å². The number of carboxylic acids is 1. The van der Waals surface area contributed by atoms with Crippen molar-refractivity contribution in [1.29, 1.82) is 0 Å². The number of amides is 5. The summed E-state index contributed by atoms with van der Waals surface area (Å²) in [6.45, 7) is 4.78. The van der Waals surface area contributed by atoms with E-state index in [9.17, 15) is 28.8 Å². The molecule has 1 aromatic rings. The van der Waals surface area contributed by atoms with E-state index in [2.05, 4.69) is 16.0 Å². The molecule has 0 bridgehead atoms. The van der Waals surface area contributed by atoms with Gasteiger partial charge in [0.2, 0.25) is 17.7 Å². The molecule has 0 spiro atoms. The van der Waals surface area contributed by atoms with Crippen LogP contribution in [0.3, 0.4) is 0 Å². The van der Waals surface area contributed by atoms with Crippen molar-refractivity contribution in [3.63, 3.8) is 0 Å². The van der Waals surface area contributed by atoms with Crippen molar-refractivity contribution in [2.24, 2.45) is 5.92 Å². The van der Waals surface area contributed by atoms with Crippen molar-refractivity contribution in [2.45, 2.75) is 65.1 Å². The number of methoxy groups -OCH3 is 1. The standard InChI is InChI=1S/C27H36N4O8/c1-16(2)25(30-21(32)14-31-22(33)11-12-23(31)34)27(38)28-17(3)26(37)29-20-10-9-19(15-39-4)18(13-20)7-5-6-8-24(35)36/h9-13,16-17,25H,5-8,14-15H2,1-4H3,(H,28,38)(H,29,37)(H,30,32)(H,35,36)/t17-,25-/m0/s1. The van der Waals surface area contributed by atoms with Crippen molar-refractivity contribution in [1.82, 2.24) is 15.5 Å². The number of aryl methyl sites for hydroxylation is 1. The van der Waals surface area contributed by atoms with Gasteiger partial charge >= 0.3 is 5.97 Å². The molecule has 0 saturated heterocycles. The molecule has 1 aromatic carbocycles. The topological polar surface area (TPSA) is 171 Å². The molecule has 1 aliphatic rings. The highest BCUT2D eigenvalue weighted by Crippen LogP contribution is 2.20. The molecule has 12 heteroatoms. The minimum Gasteiger partial charge on any atom is -0.481 e. The van der Waals surface area contributed by atoms with Crippen LogP contribution >= 0.6 is 0 Å². The van der Waals surface area contributed by atoms with E-state index in [1.165, 1.54) is 6.92 Å². The largest absolute Gasteiger partial charge is 0.481 e. The summed E-state index contributed by atoms with van der Waals surface area (Å²) in [5.74, 6) is -4.16. The van der Waals surface area contributed by atoms with Gasteiger partial charge in [-0.05, 0) is 55.4 Å². The molecule has 0 aliphatic carbocycles. The zero-order valence-corrected chi connectivity index (χ0v) is 22.6. The lowest BCUT2D eigenvalue weighted by Crippen LogP contribution is -2.55. The Labute approximate surface area is 227 Å². The maximum Gasteiger partial charge on any atom is 0.303 e. The Balaban J connectivity index is 1.98. The average molecular weight is 545 g/mol. The smallest absolute Gasteiger partial charge is 0.303 e. The third-order valence-electron chi connectivity index (χ3n) is 6.08. The van der Waals surface area contributed by atoms with Gasteiger partial charge in [0.15, 0.2) is 0 Å². The second-order valence-electron chi connectivity index (χ2n) is 9.62. The zero-order chi connectivity index (χ0) is 29.1. The Kier molecular flexibility index (Phi) is 11.8. The summed E-state index contributed by atoms with van der Waals surface area (Å²) in [7, 11) is 1.57. The number of ether oxygens (including phenoxy) is 1. The molecule has 0 saturated carbocycles. The first-order valence-electron chi connectivity index (χ1n) is 12.7. The molecule has 4 N–H and O–H groups in total. The summed E-state index contributed by atoms with van der Waals surface area (Å²) in [6, 6.07) is 3.40. The molecule has 0 unspecified atom stereocenters. The Bertz CT molecular complexity index is 1110. The highest BCUT2D eigenvalue weighted by Gasteiger charge is 2.30. The van der Waals surface area contributed by atoms with Crippen molar-refractivity contribution in [3.05, 3.63) is 41.5 Å². The van der Waals surface area contributed by atoms with Gasteiger partial charge in [0, 0.05) is 31.4 Å². The molecule has 12 nitrogen and oxygen atoms in total. The van der Waals surface area contributed by atoms with Gasteiger partial charge in [0.05, 0.1) is 6.61 Å². The van der Waals surface area contributed by atoms with Crippen LogP contribution in [0.1, 0.15) is 51.2 Å². The molecule has 212 valence electrons. The molecule has 1 aliphatic heterocycles. The van der Waals surface area contributed by atoms with Crippen LogP contribution in [0, 0.1) is 5.92 Å². The van der Waals surface area contributed by atoms with E-state index in [-0.39, 0.29) is 12.3 Å². The van der Waals surface area contributed by atoms with Crippen LogP contribution in [-0.2, 0) is 46.5 Å². The van der Waals surface area contributed by atoms with Crippen LogP contribution < -0.4 is 16.0 Å². The summed E-state index contributed by atoms with van der Waals surface area (Å²) in [6.07, 6.45) is 4.01. The van der Waals surface area contributed by atoms with E-state index >= 15 is 0 Å². The van der Waals surface area contributed by atoms with E-state index in [0.717, 1.165) is 28.2 Å². The van der Waals surface area contributed by atoms with Crippen LogP contribution in [0.25, 0.3) is 0 Å². The number of benzene rings is 1. The fraction of sp³-hybridized carbons (Fsp3) is 0.481. The first-order chi connectivity index (χ1) is 18.4. The van der Waals surface area contributed by atoms with E-state index in [1.807, 2.05) is 6.07 Å². The maximum atomic E-state index is 12.9. The number of nitrogens with one attached hydrogen (secondary N) is 3. The minimum atomic E-state index is -1.00. The highest BCUT2D eigenvalue weighted by molar-refractivity contribution is 6.14. The molecule has 2 atom stereocenters. The lowest BCUT2D eigenvalue weighted by atomic mass is 10.0. The van der Waals surface area contributed by atoms with Gasteiger partial charge in [0.1, 0.15) is 18.6 Å². The van der Waals surface area contributed by atoms with Crippen molar-refractivity contribution in [3.8, 4) is 0 Å². The first kappa shape index (κ1) is 31.2. The van der Waals surface area contributed by atoms with Crippen molar-refractivity contribution in [2.75, 3.05) is 19.0 Å². The molecule has 0 radical (unpaired) electrons. The summed E-state index contributed by atoms with van der Waals surface area (Å²) in [4.78, 5) is 73.1. The molecular weight excluding hydrogens is 508 g/mol. The van der Waals surface area contributed by atoms with Gasteiger partial charge in [-0.3, -0.25) is 33.7 Å². The first-order valence-corrected chi connectivity index (χ1v) is 12.7. The summed E-state index contributed by atoms with van der Waals surface area (Å²) < 4.78 is 5.23. The van der Waals surface area contributed by atoms with Crippen LogP contribution in [0.5, 0.6) is 0 Å². The van der Waals surface area contributed by atoms with Crippen LogP contribution in [-0.4, -0.2) is 71.2 Å². The quantitative estimate of drug-likeness (QED) is 0.188.